The monoisotopic (exact) mass is 416 g/mol. The van der Waals surface area contributed by atoms with Crippen LogP contribution in [0.5, 0.6) is 23.0 Å². The Kier molecular flexibility index (Phi) is 4.92. The van der Waals surface area contributed by atoms with Crippen molar-refractivity contribution in [3.05, 3.63) is 89.5 Å². The fourth-order valence-electron chi connectivity index (χ4n) is 4.11. The highest BCUT2D eigenvalue weighted by atomic mass is 16.5. The van der Waals surface area contributed by atoms with Crippen molar-refractivity contribution in [3.8, 4) is 23.0 Å². The first-order valence-corrected chi connectivity index (χ1v) is 10.1. The highest BCUT2D eigenvalue weighted by molar-refractivity contribution is 5.67. The van der Waals surface area contributed by atoms with Gasteiger partial charge in [-0.05, 0) is 48.0 Å². The average molecular weight is 416 g/mol. The predicted octanol–water partition coefficient (Wildman–Crippen LogP) is 4.71. The average Bonchev–Trinajstić information content (AvgIpc) is 3.29. The highest BCUT2D eigenvalue weighted by Crippen LogP contribution is 2.47. The molecule has 0 aliphatic carbocycles. The van der Waals surface area contributed by atoms with Gasteiger partial charge in [-0.1, -0.05) is 30.3 Å². The van der Waals surface area contributed by atoms with Gasteiger partial charge in [-0.3, -0.25) is 0 Å². The molecule has 6 nitrogen and oxygen atoms in total. The van der Waals surface area contributed by atoms with E-state index < -0.39 is 0 Å². The van der Waals surface area contributed by atoms with Crippen LogP contribution in [0.25, 0.3) is 5.70 Å². The second-order valence-corrected chi connectivity index (χ2v) is 7.40. The number of methoxy groups -OCH3 is 3. The zero-order valence-corrected chi connectivity index (χ0v) is 17.7. The summed E-state index contributed by atoms with van der Waals surface area (Å²) in [5.41, 5.74) is 7.72. The number of hydrazine groups is 1. The van der Waals surface area contributed by atoms with Gasteiger partial charge in [-0.15, -0.1) is 0 Å². The van der Waals surface area contributed by atoms with Gasteiger partial charge < -0.3 is 24.4 Å². The summed E-state index contributed by atoms with van der Waals surface area (Å²) in [7, 11) is 4.94. The molecule has 158 valence electrons. The van der Waals surface area contributed by atoms with Crippen molar-refractivity contribution in [1.82, 2.24) is 10.4 Å². The Morgan fingerprint density at radius 1 is 0.839 bits per heavy atom. The molecular weight excluding hydrogens is 392 g/mol. The lowest BCUT2D eigenvalue weighted by Gasteiger charge is -2.39. The van der Waals surface area contributed by atoms with E-state index in [2.05, 4.69) is 28.6 Å². The summed E-state index contributed by atoms with van der Waals surface area (Å²) >= 11 is 0. The van der Waals surface area contributed by atoms with E-state index in [9.17, 15) is 0 Å². The number of fused-ring (bicyclic) bond motifs is 3. The van der Waals surface area contributed by atoms with E-state index in [0.717, 1.165) is 33.9 Å². The van der Waals surface area contributed by atoms with Crippen LogP contribution >= 0.6 is 0 Å². The summed E-state index contributed by atoms with van der Waals surface area (Å²) in [4.78, 5) is 0. The van der Waals surface area contributed by atoms with Crippen molar-refractivity contribution in [3.63, 3.8) is 0 Å². The van der Waals surface area contributed by atoms with Gasteiger partial charge >= 0.3 is 0 Å². The minimum absolute atomic E-state index is 0.0212. The first-order chi connectivity index (χ1) is 15.2. The molecule has 2 heterocycles. The fraction of sp³-hybridized carbons (Fsp3) is 0.200. The molecule has 0 saturated carbocycles. The number of hydrogen-bond acceptors (Lipinski definition) is 6. The van der Waals surface area contributed by atoms with Crippen molar-refractivity contribution in [2.24, 2.45) is 0 Å². The van der Waals surface area contributed by atoms with Crippen LogP contribution in [0.4, 0.5) is 0 Å². The van der Waals surface area contributed by atoms with Crippen molar-refractivity contribution in [1.29, 1.82) is 0 Å². The first kappa shape index (κ1) is 19.3. The quantitative estimate of drug-likeness (QED) is 0.650. The van der Waals surface area contributed by atoms with Gasteiger partial charge in [0.1, 0.15) is 11.5 Å². The Morgan fingerprint density at radius 3 is 2.39 bits per heavy atom. The molecular formula is C25H24N2O4. The smallest absolute Gasteiger partial charge is 0.196 e. The SMILES string of the molecule is COc1ccc2c(c1)[C@H]1C=C(c3ccccc3)NN1[C@H](c1ccc(OC)c(OC)c1)O2. The lowest BCUT2D eigenvalue weighted by molar-refractivity contribution is -0.0328. The molecule has 0 fully saturated rings. The van der Waals surface area contributed by atoms with Crippen LogP contribution in [0, 0.1) is 0 Å². The second kappa shape index (κ2) is 7.89. The number of rotatable bonds is 5. The molecule has 1 N–H and O–H groups in total. The van der Waals surface area contributed by atoms with Gasteiger partial charge in [0.25, 0.3) is 0 Å². The van der Waals surface area contributed by atoms with Crippen molar-refractivity contribution in [2.45, 2.75) is 12.3 Å². The Bertz CT molecular complexity index is 1130. The normalized spacial score (nSPS) is 19.4. The van der Waals surface area contributed by atoms with Crippen LogP contribution in [0.1, 0.15) is 29.0 Å². The van der Waals surface area contributed by atoms with Gasteiger partial charge in [0.15, 0.2) is 17.7 Å². The lowest BCUT2D eigenvalue weighted by atomic mass is 10.00. The molecule has 0 radical (unpaired) electrons. The molecule has 2 aliphatic heterocycles. The largest absolute Gasteiger partial charge is 0.497 e. The van der Waals surface area contributed by atoms with E-state index in [1.165, 1.54) is 0 Å². The predicted molar refractivity (Wildman–Crippen MR) is 118 cm³/mol. The first-order valence-electron chi connectivity index (χ1n) is 10.1. The summed E-state index contributed by atoms with van der Waals surface area (Å²) < 4.78 is 22.9. The standard InChI is InChI=1S/C25H24N2O4/c1-28-18-10-12-22-19(14-18)21-15-20(16-7-5-4-6-8-16)26-27(21)25(31-22)17-9-11-23(29-2)24(13-17)30-3/h4-15,21,25-26H,1-3H3/t21-,25+/m1/s1. The number of nitrogens with one attached hydrogen (secondary N) is 1. The summed E-state index contributed by atoms with van der Waals surface area (Å²) in [5.74, 6) is 2.97. The Hall–Kier alpha value is -3.64. The third kappa shape index (κ3) is 3.35. The van der Waals surface area contributed by atoms with E-state index in [0.29, 0.717) is 11.5 Å². The van der Waals surface area contributed by atoms with Crippen LogP contribution in [-0.2, 0) is 0 Å². The molecule has 0 bridgehead atoms. The zero-order chi connectivity index (χ0) is 21.4. The van der Waals surface area contributed by atoms with Crippen LogP contribution in [-0.4, -0.2) is 26.3 Å². The molecule has 2 atom stereocenters. The molecule has 5 rings (SSSR count). The maximum atomic E-state index is 6.47. The summed E-state index contributed by atoms with van der Waals surface area (Å²) in [6, 6.07) is 22.0. The summed E-state index contributed by atoms with van der Waals surface area (Å²) in [5, 5.41) is 2.12. The summed E-state index contributed by atoms with van der Waals surface area (Å²) in [6.45, 7) is 0. The van der Waals surface area contributed by atoms with Gasteiger partial charge in [-0.2, -0.15) is 5.01 Å². The number of nitrogens with zero attached hydrogens (tertiary/aromatic N) is 1. The van der Waals surface area contributed by atoms with Crippen molar-refractivity contribution < 1.29 is 18.9 Å². The molecule has 3 aromatic carbocycles. The zero-order valence-electron chi connectivity index (χ0n) is 17.7. The second-order valence-electron chi connectivity index (χ2n) is 7.40. The third-order valence-corrected chi connectivity index (χ3v) is 5.68. The highest BCUT2D eigenvalue weighted by Gasteiger charge is 2.40. The molecule has 0 unspecified atom stereocenters. The third-order valence-electron chi connectivity index (χ3n) is 5.68. The minimum Gasteiger partial charge on any atom is -0.497 e. The van der Waals surface area contributed by atoms with Gasteiger partial charge in [0.05, 0.1) is 33.1 Å². The van der Waals surface area contributed by atoms with Gasteiger partial charge in [-0.25, -0.2) is 0 Å². The number of hydrogen-bond donors (Lipinski definition) is 1. The molecule has 3 aromatic rings. The van der Waals surface area contributed by atoms with E-state index in [-0.39, 0.29) is 12.3 Å². The molecule has 2 aliphatic rings. The molecule has 0 amide bonds. The van der Waals surface area contributed by atoms with Crippen molar-refractivity contribution in [2.75, 3.05) is 21.3 Å². The van der Waals surface area contributed by atoms with E-state index in [4.69, 9.17) is 18.9 Å². The van der Waals surface area contributed by atoms with E-state index in [1.807, 2.05) is 54.6 Å². The van der Waals surface area contributed by atoms with Crippen LogP contribution in [0.3, 0.4) is 0 Å². The molecule has 0 saturated heterocycles. The Labute approximate surface area is 181 Å². The Balaban J connectivity index is 1.59. The number of benzene rings is 3. The molecule has 0 spiro atoms. The fourth-order valence-corrected chi connectivity index (χ4v) is 4.11. The number of ether oxygens (including phenoxy) is 4. The Morgan fingerprint density at radius 2 is 1.65 bits per heavy atom. The van der Waals surface area contributed by atoms with E-state index >= 15 is 0 Å². The molecule has 6 heteroatoms. The van der Waals surface area contributed by atoms with Crippen LogP contribution in [0.2, 0.25) is 0 Å². The minimum atomic E-state index is -0.358. The van der Waals surface area contributed by atoms with Crippen molar-refractivity contribution >= 4 is 5.70 Å². The van der Waals surface area contributed by atoms with Crippen LogP contribution in [0.15, 0.2) is 72.8 Å². The van der Waals surface area contributed by atoms with Gasteiger partial charge in [0.2, 0.25) is 0 Å². The van der Waals surface area contributed by atoms with E-state index in [1.54, 1.807) is 21.3 Å². The lowest BCUT2D eigenvalue weighted by Crippen LogP contribution is -2.43. The van der Waals surface area contributed by atoms with Crippen LogP contribution < -0.4 is 24.4 Å². The summed E-state index contributed by atoms with van der Waals surface area (Å²) in [6.07, 6.45) is 1.87. The maximum absolute atomic E-state index is 6.47. The van der Waals surface area contributed by atoms with Gasteiger partial charge in [0, 0.05) is 11.1 Å². The molecule has 31 heavy (non-hydrogen) atoms. The topological polar surface area (TPSA) is 52.2 Å². The molecule has 0 aromatic heterocycles. The maximum Gasteiger partial charge on any atom is 0.196 e.